The van der Waals surface area contributed by atoms with Gasteiger partial charge in [0.1, 0.15) is 5.76 Å². The van der Waals surface area contributed by atoms with Crippen molar-refractivity contribution in [1.29, 1.82) is 0 Å². The number of furan rings is 1. The number of aryl methyl sites for hydroxylation is 1. The standard InChI is InChI=1S/C13H14ClNO/c1-9-5-6-12(11(14)8-9)15-10(2)13-4-3-7-16-13/h3-8,10,15H,1-2H3. The lowest BCUT2D eigenvalue weighted by molar-refractivity contribution is 0.490. The van der Waals surface area contributed by atoms with Gasteiger partial charge in [0.25, 0.3) is 0 Å². The van der Waals surface area contributed by atoms with Gasteiger partial charge in [-0.3, -0.25) is 0 Å². The quantitative estimate of drug-likeness (QED) is 0.852. The van der Waals surface area contributed by atoms with Gasteiger partial charge in [-0.25, -0.2) is 0 Å². The number of nitrogens with one attached hydrogen (secondary N) is 1. The van der Waals surface area contributed by atoms with E-state index in [-0.39, 0.29) is 6.04 Å². The van der Waals surface area contributed by atoms with E-state index in [1.54, 1.807) is 6.26 Å². The molecule has 0 aliphatic carbocycles. The van der Waals surface area contributed by atoms with Crippen molar-refractivity contribution in [3.05, 3.63) is 52.9 Å². The Morgan fingerprint density at radius 2 is 2.12 bits per heavy atom. The highest BCUT2D eigenvalue weighted by molar-refractivity contribution is 6.33. The molecule has 0 aliphatic rings. The summed E-state index contributed by atoms with van der Waals surface area (Å²) in [5.41, 5.74) is 2.08. The molecule has 0 saturated carbocycles. The Morgan fingerprint density at radius 3 is 2.75 bits per heavy atom. The van der Waals surface area contributed by atoms with E-state index in [1.807, 2.05) is 44.2 Å². The molecule has 16 heavy (non-hydrogen) atoms. The maximum absolute atomic E-state index is 6.14. The minimum atomic E-state index is 0.107. The van der Waals surface area contributed by atoms with Crippen LogP contribution in [0, 0.1) is 6.92 Å². The van der Waals surface area contributed by atoms with Crippen LogP contribution >= 0.6 is 11.6 Å². The fourth-order valence-electron chi connectivity index (χ4n) is 1.58. The number of hydrogen-bond acceptors (Lipinski definition) is 2. The van der Waals surface area contributed by atoms with Crippen LogP contribution in [-0.2, 0) is 0 Å². The number of anilines is 1. The second-order valence-corrected chi connectivity index (χ2v) is 4.27. The molecular weight excluding hydrogens is 222 g/mol. The summed E-state index contributed by atoms with van der Waals surface area (Å²) in [5, 5.41) is 4.05. The molecule has 1 atom stereocenters. The van der Waals surface area contributed by atoms with Gasteiger partial charge in [0.2, 0.25) is 0 Å². The van der Waals surface area contributed by atoms with E-state index in [9.17, 15) is 0 Å². The molecule has 0 fully saturated rings. The second-order valence-electron chi connectivity index (χ2n) is 3.86. The molecule has 0 radical (unpaired) electrons. The Bertz CT molecular complexity index is 465. The summed E-state index contributed by atoms with van der Waals surface area (Å²) in [6, 6.07) is 9.89. The van der Waals surface area contributed by atoms with Gasteiger partial charge in [0.05, 0.1) is 23.0 Å². The van der Waals surface area contributed by atoms with Crippen LogP contribution in [0.4, 0.5) is 5.69 Å². The summed E-state index contributed by atoms with van der Waals surface area (Å²) in [4.78, 5) is 0. The molecular formula is C13H14ClNO. The van der Waals surface area contributed by atoms with Gasteiger partial charge in [0.15, 0.2) is 0 Å². The van der Waals surface area contributed by atoms with Crippen molar-refractivity contribution >= 4 is 17.3 Å². The molecule has 1 aromatic carbocycles. The smallest absolute Gasteiger partial charge is 0.125 e. The first-order valence-electron chi connectivity index (χ1n) is 5.23. The average molecular weight is 236 g/mol. The van der Waals surface area contributed by atoms with Gasteiger partial charge in [0, 0.05) is 0 Å². The normalized spacial score (nSPS) is 12.4. The van der Waals surface area contributed by atoms with Crippen LogP contribution in [0.15, 0.2) is 41.0 Å². The molecule has 1 N–H and O–H groups in total. The fourth-order valence-corrected chi connectivity index (χ4v) is 1.87. The van der Waals surface area contributed by atoms with Crippen LogP contribution < -0.4 is 5.32 Å². The molecule has 2 rings (SSSR count). The van der Waals surface area contributed by atoms with E-state index in [0.717, 1.165) is 22.0 Å². The summed E-state index contributed by atoms with van der Waals surface area (Å²) in [6.07, 6.45) is 1.67. The molecule has 3 heteroatoms. The van der Waals surface area contributed by atoms with Crippen molar-refractivity contribution in [2.45, 2.75) is 19.9 Å². The Morgan fingerprint density at radius 1 is 1.31 bits per heavy atom. The van der Waals surface area contributed by atoms with Crippen molar-refractivity contribution in [2.24, 2.45) is 0 Å². The van der Waals surface area contributed by atoms with Crippen molar-refractivity contribution in [3.63, 3.8) is 0 Å². The molecule has 0 spiro atoms. The largest absolute Gasteiger partial charge is 0.467 e. The van der Waals surface area contributed by atoms with Crippen molar-refractivity contribution < 1.29 is 4.42 Å². The van der Waals surface area contributed by atoms with Crippen LogP contribution in [0.2, 0.25) is 5.02 Å². The van der Waals surface area contributed by atoms with Gasteiger partial charge in [-0.05, 0) is 43.7 Å². The number of halogens is 1. The highest BCUT2D eigenvalue weighted by Crippen LogP contribution is 2.27. The number of benzene rings is 1. The van der Waals surface area contributed by atoms with Crippen molar-refractivity contribution in [1.82, 2.24) is 0 Å². The number of rotatable bonds is 3. The monoisotopic (exact) mass is 235 g/mol. The highest BCUT2D eigenvalue weighted by atomic mass is 35.5. The summed E-state index contributed by atoms with van der Waals surface area (Å²) in [6.45, 7) is 4.06. The van der Waals surface area contributed by atoms with Gasteiger partial charge in [-0.1, -0.05) is 17.7 Å². The molecule has 0 saturated heterocycles. The molecule has 0 bridgehead atoms. The van der Waals surface area contributed by atoms with Crippen LogP contribution in [0.1, 0.15) is 24.3 Å². The predicted octanol–water partition coefficient (Wildman–Crippen LogP) is 4.41. The maximum Gasteiger partial charge on any atom is 0.125 e. The predicted molar refractivity (Wildman–Crippen MR) is 66.9 cm³/mol. The van der Waals surface area contributed by atoms with E-state index in [0.29, 0.717) is 0 Å². The van der Waals surface area contributed by atoms with Gasteiger partial charge < -0.3 is 9.73 Å². The first-order valence-corrected chi connectivity index (χ1v) is 5.60. The molecule has 2 aromatic rings. The Hall–Kier alpha value is -1.41. The molecule has 1 unspecified atom stereocenters. The van der Waals surface area contributed by atoms with Gasteiger partial charge in [-0.2, -0.15) is 0 Å². The maximum atomic E-state index is 6.14. The second kappa shape index (κ2) is 4.62. The molecule has 1 aromatic heterocycles. The topological polar surface area (TPSA) is 25.2 Å². The lowest BCUT2D eigenvalue weighted by Crippen LogP contribution is -2.05. The fraction of sp³-hybridized carbons (Fsp3) is 0.231. The van der Waals surface area contributed by atoms with Crippen LogP contribution in [-0.4, -0.2) is 0 Å². The van der Waals surface area contributed by atoms with Crippen molar-refractivity contribution in [3.8, 4) is 0 Å². The number of hydrogen-bond donors (Lipinski definition) is 1. The molecule has 2 nitrogen and oxygen atoms in total. The molecule has 1 heterocycles. The van der Waals surface area contributed by atoms with E-state index in [4.69, 9.17) is 16.0 Å². The van der Waals surface area contributed by atoms with E-state index in [2.05, 4.69) is 5.32 Å². The minimum absolute atomic E-state index is 0.107. The average Bonchev–Trinajstić information content (AvgIpc) is 2.75. The third-order valence-electron chi connectivity index (χ3n) is 2.47. The lowest BCUT2D eigenvalue weighted by Gasteiger charge is -2.14. The zero-order valence-electron chi connectivity index (χ0n) is 9.33. The third kappa shape index (κ3) is 2.39. The molecule has 0 aliphatic heterocycles. The lowest BCUT2D eigenvalue weighted by atomic mass is 10.2. The Labute approximate surface area is 100 Å². The van der Waals surface area contributed by atoms with Crippen LogP contribution in [0.25, 0.3) is 0 Å². The summed E-state index contributed by atoms with van der Waals surface area (Å²) < 4.78 is 5.33. The van der Waals surface area contributed by atoms with E-state index < -0.39 is 0 Å². The molecule has 0 amide bonds. The Balaban J connectivity index is 2.15. The van der Waals surface area contributed by atoms with Crippen LogP contribution in [0.3, 0.4) is 0 Å². The first-order chi connectivity index (χ1) is 7.66. The summed E-state index contributed by atoms with van der Waals surface area (Å²) in [5.74, 6) is 0.900. The van der Waals surface area contributed by atoms with Crippen molar-refractivity contribution in [2.75, 3.05) is 5.32 Å². The van der Waals surface area contributed by atoms with Gasteiger partial charge >= 0.3 is 0 Å². The van der Waals surface area contributed by atoms with E-state index in [1.165, 1.54) is 0 Å². The zero-order chi connectivity index (χ0) is 11.5. The molecule has 84 valence electrons. The highest BCUT2D eigenvalue weighted by Gasteiger charge is 2.09. The third-order valence-corrected chi connectivity index (χ3v) is 2.78. The minimum Gasteiger partial charge on any atom is -0.467 e. The van der Waals surface area contributed by atoms with Gasteiger partial charge in [-0.15, -0.1) is 0 Å². The first kappa shape index (κ1) is 11.1. The summed E-state index contributed by atoms with van der Waals surface area (Å²) >= 11 is 6.14. The van der Waals surface area contributed by atoms with Crippen LogP contribution in [0.5, 0.6) is 0 Å². The van der Waals surface area contributed by atoms with E-state index >= 15 is 0 Å². The summed E-state index contributed by atoms with van der Waals surface area (Å²) in [7, 11) is 0. The zero-order valence-corrected chi connectivity index (χ0v) is 10.1. The SMILES string of the molecule is Cc1ccc(NC(C)c2ccco2)c(Cl)c1. The Kier molecular flexibility index (Phi) is 3.20.